The Labute approximate surface area is 109 Å². The smallest absolute Gasteiger partial charge is 0.0958 e. The highest BCUT2D eigenvalue weighted by molar-refractivity contribution is 5.74. The molecule has 3 nitrogen and oxygen atoms in total. The highest BCUT2D eigenvalue weighted by Crippen LogP contribution is 2.13. The van der Waals surface area contributed by atoms with Gasteiger partial charge in [-0.15, -0.1) is 0 Å². The van der Waals surface area contributed by atoms with E-state index < -0.39 is 0 Å². The minimum absolute atomic E-state index is 0.549. The average Bonchev–Trinajstić information content (AvgIpc) is 2.80. The molecule has 0 aliphatic heterocycles. The standard InChI is InChI=1S/C15H23N3/c1-3-7-13(16-10-4-2)11-18-12-17-14-8-5-6-9-15(14)18/h5-6,8-9,12-13,16H,3-4,7,10-11H2,1-2H3. The summed E-state index contributed by atoms with van der Waals surface area (Å²) in [5.74, 6) is 0. The molecule has 0 saturated carbocycles. The topological polar surface area (TPSA) is 29.9 Å². The maximum absolute atomic E-state index is 4.45. The van der Waals surface area contributed by atoms with Crippen molar-refractivity contribution in [2.75, 3.05) is 6.54 Å². The second-order valence-electron chi connectivity index (χ2n) is 4.83. The van der Waals surface area contributed by atoms with Gasteiger partial charge in [0.05, 0.1) is 17.4 Å². The van der Waals surface area contributed by atoms with Crippen LogP contribution in [0.15, 0.2) is 30.6 Å². The van der Waals surface area contributed by atoms with Gasteiger partial charge in [0, 0.05) is 12.6 Å². The molecule has 3 heteroatoms. The zero-order valence-electron chi connectivity index (χ0n) is 11.4. The molecule has 0 fully saturated rings. The average molecular weight is 245 g/mol. The van der Waals surface area contributed by atoms with E-state index in [0.29, 0.717) is 6.04 Å². The molecule has 2 aromatic rings. The molecule has 0 radical (unpaired) electrons. The van der Waals surface area contributed by atoms with Crippen LogP contribution in [0.1, 0.15) is 33.1 Å². The first kappa shape index (κ1) is 13.1. The number of hydrogen-bond acceptors (Lipinski definition) is 2. The Bertz CT molecular complexity index is 475. The molecule has 2 rings (SSSR count). The number of fused-ring (bicyclic) bond motifs is 1. The fraction of sp³-hybridized carbons (Fsp3) is 0.533. The summed E-state index contributed by atoms with van der Waals surface area (Å²) in [6.45, 7) is 6.56. The maximum atomic E-state index is 4.45. The number of nitrogens with one attached hydrogen (secondary N) is 1. The third kappa shape index (κ3) is 3.10. The van der Waals surface area contributed by atoms with E-state index in [0.717, 1.165) is 18.6 Å². The molecule has 0 amide bonds. The summed E-state index contributed by atoms with van der Waals surface area (Å²) >= 11 is 0. The zero-order chi connectivity index (χ0) is 12.8. The summed E-state index contributed by atoms with van der Waals surface area (Å²) < 4.78 is 2.26. The van der Waals surface area contributed by atoms with Crippen molar-refractivity contribution in [1.82, 2.24) is 14.9 Å². The molecule has 0 aliphatic carbocycles. The van der Waals surface area contributed by atoms with Crippen molar-refractivity contribution in [1.29, 1.82) is 0 Å². The van der Waals surface area contributed by atoms with E-state index in [9.17, 15) is 0 Å². The lowest BCUT2D eigenvalue weighted by Gasteiger charge is -2.18. The Hall–Kier alpha value is -1.35. The van der Waals surface area contributed by atoms with Crippen LogP contribution in [0.5, 0.6) is 0 Å². The van der Waals surface area contributed by atoms with Crippen LogP contribution in [-0.4, -0.2) is 22.1 Å². The molecule has 18 heavy (non-hydrogen) atoms. The molecule has 1 aromatic heterocycles. The van der Waals surface area contributed by atoms with E-state index in [4.69, 9.17) is 0 Å². The first-order valence-corrected chi connectivity index (χ1v) is 6.98. The lowest BCUT2D eigenvalue weighted by molar-refractivity contribution is 0.424. The number of para-hydroxylation sites is 2. The summed E-state index contributed by atoms with van der Waals surface area (Å²) in [6, 6.07) is 8.88. The molecule has 1 atom stereocenters. The van der Waals surface area contributed by atoms with Crippen molar-refractivity contribution in [3.63, 3.8) is 0 Å². The summed E-state index contributed by atoms with van der Waals surface area (Å²) in [5, 5.41) is 3.62. The van der Waals surface area contributed by atoms with Gasteiger partial charge in [0.15, 0.2) is 0 Å². The van der Waals surface area contributed by atoms with Gasteiger partial charge in [-0.25, -0.2) is 4.98 Å². The van der Waals surface area contributed by atoms with Crippen molar-refractivity contribution in [2.24, 2.45) is 0 Å². The third-order valence-electron chi connectivity index (χ3n) is 3.26. The Morgan fingerprint density at radius 1 is 1.22 bits per heavy atom. The minimum Gasteiger partial charge on any atom is -0.329 e. The first-order valence-electron chi connectivity index (χ1n) is 6.98. The van der Waals surface area contributed by atoms with Crippen LogP contribution in [0, 0.1) is 0 Å². The molecular formula is C15H23N3. The molecule has 98 valence electrons. The highest BCUT2D eigenvalue weighted by atomic mass is 15.1. The summed E-state index contributed by atoms with van der Waals surface area (Å²) in [7, 11) is 0. The molecule has 0 aliphatic rings. The lowest BCUT2D eigenvalue weighted by atomic mass is 10.1. The Kier molecular flexibility index (Phi) is 4.76. The number of rotatable bonds is 7. The second-order valence-corrected chi connectivity index (χ2v) is 4.83. The van der Waals surface area contributed by atoms with Crippen LogP contribution in [-0.2, 0) is 6.54 Å². The van der Waals surface area contributed by atoms with Gasteiger partial charge < -0.3 is 9.88 Å². The van der Waals surface area contributed by atoms with E-state index in [1.54, 1.807) is 0 Å². The molecule has 0 spiro atoms. The van der Waals surface area contributed by atoms with E-state index in [1.165, 1.54) is 24.8 Å². The van der Waals surface area contributed by atoms with Gasteiger partial charge >= 0.3 is 0 Å². The van der Waals surface area contributed by atoms with Gasteiger partial charge in [-0.3, -0.25) is 0 Å². The summed E-state index contributed by atoms with van der Waals surface area (Å²) in [6.07, 6.45) is 5.58. The van der Waals surface area contributed by atoms with E-state index in [-0.39, 0.29) is 0 Å². The van der Waals surface area contributed by atoms with E-state index in [2.05, 4.69) is 46.9 Å². The zero-order valence-corrected chi connectivity index (χ0v) is 11.4. The largest absolute Gasteiger partial charge is 0.329 e. The predicted molar refractivity (Wildman–Crippen MR) is 76.7 cm³/mol. The highest BCUT2D eigenvalue weighted by Gasteiger charge is 2.09. The van der Waals surface area contributed by atoms with Crippen LogP contribution >= 0.6 is 0 Å². The van der Waals surface area contributed by atoms with Gasteiger partial charge in [-0.1, -0.05) is 32.4 Å². The maximum Gasteiger partial charge on any atom is 0.0958 e. The number of aromatic nitrogens is 2. The number of hydrogen-bond donors (Lipinski definition) is 1. The van der Waals surface area contributed by atoms with E-state index >= 15 is 0 Å². The first-order chi connectivity index (χ1) is 8.85. The van der Waals surface area contributed by atoms with Crippen molar-refractivity contribution >= 4 is 11.0 Å². The minimum atomic E-state index is 0.549. The SMILES string of the molecule is CCCNC(CCC)Cn1cnc2ccccc21. The van der Waals surface area contributed by atoms with Crippen LogP contribution in [0.25, 0.3) is 11.0 Å². The van der Waals surface area contributed by atoms with Crippen LogP contribution in [0.4, 0.5) is 0 Å². The fourth-order valence-corrected chi connectivity index (χ4v) is 2.35. The number of imidazole rings is 1. The van der Waals surface area contributed by atoms with Gasteiger partial charge in [0.25, 0.3) is 0 Å². The second kappa shape index (κ2) is 6.55. The van der Waals surface area contributed by atoms with Gasteiger partial charge in [0.1, 0.15) is 0 Å². The molecule has 1 heterocycles. The van der Waals surface area contributed by atoms with Gasteiger partial charge in [0.2, 0.25) is 0 Å². The van der Waals surface area contributed by atoms with Crippen LogP contribution in [0.2, 0.25) is 0 Å². The molecular weight excluding hydrogens is 222 g/mol. The molecule has 1 aromatic carbocycles. The fourth-order valence-electron chi connectivity index (χ4n) is 2.35. The number of benzene rings is 1. The Morgan fingerprint density at radius 2 is 2.06 bits per heavy atom. The van der Waals surface area contributed by atoms with Crippen molar-refractivity contribution in [2.45, 2.75) is 45.7 Å². The molecule has 0 saturated heterocycles. The Balaban J connectivity index is 2.10. The van der Waals surface area contributed by atoms with Crippen molar-refractivity contribution in [3.8, 4) is 0 Å². The third-order valence-corrected chi connectivity index (χ3v) is 3.26. The molecule has 0 bridgehead atoms. The van der Waals surface area contributed by atoms with Crippen molar-refractivity contribution in [3.05, 3.63) is 30.6 Å². The van der Waals surface area contributed by atoms with Gasteiger partial charge in [-0.05, 0) is 31.5 Å². The van der Waals surface area contributed by atoms with Crippen molar-refractivity contribution < 1.29 is 0 Å². The number of nitrogens with zero attached hydrogens (tertiary/aromatic N) is 2. The summed E-state index contributed by atoms with van der Waals surface area (Å²) in [4.78, 5) is 4.45. The van der Waals surface area contributed by atoms with E-state index in [1.807, 2.05) is 12.4 Å². The predicted octanol–water partition coefficient (Wildman–Crippen LogP) is 3.20. The Morgan fingerprint density at radius 3 is 2.83 bits per heavy atom. The molecule has 1 unspecified atom stereocenters. The quantitative estimate of drug-likeness (QED) is 0.811. The van der Waals surface area contributed by atoms with Crippen LogP contribution in [0.3, 0.4) is 0 Å². The monoisotopic (exact) mass is 245 g/mol. The molecule has 1 N–H and O–H groups in total. The van der Waals surface area contributed by atoms with Crippen LogP contribution < -0.4 is 5.32 Å². The summed E-state index contributed by atoms with van der Waals surface area (Å²) in [5.41, 5.74) is 2.32. The lowest BCUT2D eigenvalue weighted by Crippen LogP contribution is -2.33. The normalized spacial score (nSPS) is 13.0. The van der Waals surface area contributed by atoms with Gasteiger partial charge in [-0.2, -0.15) is 0 Å².